The Morgan fingerprint density at radius 3 is 2.47 bits per heavy atom. The lowest BCUT2D eigenvalue weighted by Gasteiger charge is -2.29. The van der Waals surface area contributed by atoms with Crippen LogP contribution in [0.5, 0.6) is 0 Å². The number of carbonyl (C=O) groups is 3. The molecule has 232 valence electrons. The Morgan fingerprint density at radius 1 is 1.04 bits per heavy atom. The molecule has 10 heteroatoms. The third-order valence-electron chi connectivity index (χ3n) is 9.11. The molecule has 4 aromatic rings. The van der Waals surface area contributed by atoms with E-state index >= 15 is 0 Å². The maximum Gasteiger partial charge on any atom is 0.328 e. The van der Waals surface area contributed by atoms with Gasteiger partial charge in [-0.2, -0.15) is 0 Å². The van der Waals surface area contributed by atoms with Crippen molar-refractivity contribution < 1.29 is 19.5 Å². The molecule has 2 fully saturated rings. The minimum Gasteiger partial charge on any atom is -0.478 e. The van der Waals surface area contributed by atoms with Gasteiger partial charge in [0.05, 0.1) is 11.4 Å². The molecule has 45 heavy (non-hydrogen) atoms. The maximum absolute atomic E-state index is 13.9. The number of anilines is 2. The number of rotatable bonds is 8. The zero-order valence-electron chi connectivity index (χ0n) is 25.5. The van der Waals surface area contributed by atoms with Crippen LogP contribution in [0.15, 0.2) is 66.7 Å². The molecule has 6 rings (SSSR count). The molecule has 5 N–H and O–H groups in total. The summed E-state index contributed by atoms with van der Waals surface area (Å²) in [6.45, 7) is 1.03. The van der Waals surface area contributed by atoms with Crippen LogP contribution < -0.4 is 16.4 Å². The second kappa shape index (κ2) is 12.2. The van der Waals surface area contributed by atoms with Crippen molar-refractivity contribution in [2.75, 3.05) is 31.2 Å². The van der Waals surface area contributed by atoms with Crippen LogP contribution in [0.25, 0.3) is 28.4 Å². The molecule has 2 aromatic heterocycles. The van der Waals surface area contributed by atoms with Gasteiger partial charge in [-0.25, -0.2) is 9.78 Å². The highest BCUT2D eigenvalue weighted by atomic mass is 16.4. The molecule has 2 aromatic carbocycles. The number of likely N-dealkylation sites (tertiary alicyclic amines) is 1. The lowest BCUT2D eigenvalue weighted by Crippen LogP contribution is -2.58. The van der Waals surface area contributed by atoms with Crippen molar-refractivity contribution in [3.63, 3.8) is 0 Å². The first-order valence-corrected chi connectivity index (χ1v) is 15.3. The zero-order valence-corrected chi connectivity index (χ0v) is 25.5. The molecule has 2 aliphatic rings. The van der Waals surface area contributed by atoms with E-state index in [9.17, 15) is 14.4 Å². The van der Waals surface area contributed by atoms with E-state index in [0.717, 1.165) is 41.2 Å². The first-order chi connectivity index (χ1) is 21.6. The molecule has 1 aliphatic carbocycles. The van der Waals surface area contributed by atoms with E-state index in [1.165, 1.54) is 24.5 Å². The number of nitrogens with zero attached hydrogens (tertiary/aromatic N) is 3. The maximum atomic E-state index is 13.9. The number of pyridine rings is 1. The number of nitrogen functional groups attached to an aromatic ring is 1. The van der Waals surface area contributed by atoms with Gasteiger partial charge in [-0.3, -0.25) is 9.59 Å². The van der Waals surface area contributed by atoms with Crippen molar-refractivity contribution in [3.8, 4) is 11.4 Å². The molecule has 1 saturated heterocycles. The summed E-state index contributed by atoms with van der Waals surface area (Å²) in [7, 11) is 3.93. The summed E-state index contributed by atoms with van der Waals surface area (Å²) in [5, 5.41) is 16.0. The molecule has 10 nitrogen and oxygen atoms in total. The van der Waals surface area contributed by atoms with Crippen molar-refractivity contribution >= 4 is 46.3 Å². The molecule has 3 heterocycles. The van der Waals surface area contributed by atoms with Crippen LogP contribution in [-0.2, 0) is 16.6 Å². The van der Waals surface area contributed by atoms with Crippen LogP contribution in [0.1, 0.15) is 59.5 Å². The van der Waals surface area contributed by atoms with Crippen LogP contribution in [0.4, 0.5) is 11.5 Å². The molecule has 1 saturated carbocycles. The van der Waals surface area contributed by atoms with Crippen LogP contribution in [-0.4, -0.2) is 63.0 Å². The predicted molar refractivity (Wildman–Crippen MR) is 176 cm³/mol. The lowest BCUT2D eigenvalue weighted by molar-refractivity contribution is -0.131. The minimum absolute atomic E-state index is 0.299. The Balaban J connectivity index is 1.29. The Kier molecular flexibility index (Phi) is 8.16. The zero-order chi connectivity index (χ0) is 31.7. The SMILES string of the molecule is CN1CC[C@@](NC(=O)c2ccc3c(C4CCCC4)c(-c4cccc(N)n4)n(C)c3c2)(C(=O)Nc2ccc(/C=C/C(=O)O)cc2)C1. The van der Waals surface area contributed by atoms with Crippen molar-refractivity contribution in [1.29, 1.82) is 0 Å². The predicted octanol–water partition coefficient (Wildman–Crippen LogP) is 5.02. The summed E-state index contributed by atoms with van der Waals surface area (Å²) in [4.78, 5) is 45.1. The summed E-state index contributed by atoms with van der Waals surface area (Å²) >= 11 is 0. The molecule has 0 spiro atoms. The standard InChI is InChI=1S/C35H38N6O4/c1-40-19-18-35(21-40,34(45)37-25-14-10-22(11-15-25)12-17-30(42)43)39-33(44)24-13-16-26-28(20-24)41(2)32(27-8-5-9-29(36)38-27)31(26)23-6-3-4-7-23/h5,8-17,20,23H,3-4,6-7,18-19,21H2,1-2H3,(H2,36,38)(H,37,45)(H,39,44)(H,42,43)/b17-12+/t35-/m0/s1. The van der Waals surface area contributed by atoms with E-state index in [1.807, 2.05) is 49.3 Å². The number of benzene rings is 2. The Morgan fingerprint density at radius 2 is 1.80 bits per heavy atom. The smallest absolute Gasteiger partial charge is 0.328 e. The van der Waals surface area contributed by atoms with E-state index in [1.54, 1.807) is 30.3 Å². The molecule has 0 unspecified atom stereocenters. The van der Waals surface area contributed by atoms with Gasteiger partial charge in [0.2, 0.25) is 0 Å². The topological polar surface area (TPSA) is 143 Å². The van der Waals surface area contributed by atoms with Gasteiger partial charge in [-0.05, 0) is 85.8 Å². The van der Waals surface area contributed by atoms with Crippen molar-refractivity contribution in [1.82, 2.24) is 19.8 Å². The van der Waals surface area contributed by atoms with Gasteiger partial charge in [0.1, 0.15) is 11.4 Å². The van der Waals surface area contributed by atoms with Crippen LogP contribution in [0.2, 0.25) is 0 Å². The number of aryl methyl sites for hydroxylation is 1. The molecule has 1 aliphatic heterocycles. The Bertz CT molecular complexity index is 1800. The monoisotopic (exact) mass is 606 g/mol. The van der Waals surface area contributed by atoms with Gasteiger partial charge in [-0.1, -0.05) is 37.1 Å². The van der Waals surface area contributed by atoms with Crippen molar-refractivity contribution in [3.05, 3.63) is 83.4 Å². The average molecular weight is 607 g/mol. The number of aromatic nitrogens is 2. The average Bonchev–Trinajstić information content (AvgIpc) is 3.75. The first-order valence-electron chi connectivity index (χ1n) is 15.3. The quantitative estimate of drug-likeness (QED) is 0.206. The van der Waals surface area contributed by atoms with Gasteiger partial charge in [0, 0.05) is 48.4 Å². The number of hydrogen-bond acceptors (Lipinski definition) is 6. The summed E-state index contributed by atoms with van der Waals surface area (Å²) in [6.07, 6.45) is 7.61. The fourth-order valence-electron chi connectivity index (χ4n) is 6.86. The highest BCUT2D eigenvalue weighted by molar-refractivity contribution is 6.06. The third-order valence-corrected chi connectivity index (χ3v) is 9.11. The molecule has 2 amide bonds. The highest BCUT2D eigenvalue weighted by Gasteiger charge is 2.45. The molecule has 0 bridgehead atoms. The van der Waals surface area contributed by atoms with E-state index in [4.69, 9.17) is 10.8 Å². The van der Waals surface area contributed by atoms with E-state index in [0.29, 0.717) is 48.1 Å². The van der Waals surface area contributed by atoms with Gasteiger partial charge >= 0.3 is 5.97 Å². The fourth-order valence-corrected chi connectivity index (χ4v) is 6.86. The number of carboxylic acids is 1. The number of likely N-dealkylation sites (N-methyl/N-ethyl adjacent to an activating group) is 1. The number of carbonyl (C=O) groups excluding carboxylic acids is 2. The normalized spacial score (nSPS) is 19.0. The summed E-state index contributed by atoms with van der Waals surface area (Å²) < 4.78 is 2.11. The fraction of sp³-hybridized carbons (Fsp3) is 0.314. The molecule has 1 atom stereocenters. The van der Waals surface area contributed by atoms with Crippen LogP contribution in [0, 0.1) is 0 Å². The number of nitrogens with one attached hydrogen (secondary N) is 2. The Labute approximate surface area is 261 Å². The number of amides is 2. The van der Waals surface area contributed by atoms with Crippen LogP contribution in [0.3, 0.4) is 0 Å². The second-order valence-corrected chi connectivity index (χ2v) is 12.3. The molecule has 0 radical (unpaired) electrons. The number of aliphatic carboxylic acids is 1. The van der Waals surface area contributed by atoms with E-state index < -0.39 is 11.5 Å². The Hall–Kier alpha value is -4.96. The summed E-state index contributed by atoms with van der Waals surface area (Å²) in [6, 6.07) is 18.3. The van der Waals surface area contributed by atoms with E-state index in [-0.39, 0.29) is 11.8 Å². The van der Waals surface area contributed by atoms with Crippen molar-refractivity contribution in [2.45, 2.75) is 43.6 Å². The minimum atomic E-state index is -1.12. The molecular weight excluding hydrogens is 568 g/mol. The molecular formula is C35H38N6O4. The van der Waals surface area contributed by atoms with E-state index in [2.05, 4.69) is 20.2 Å². The summed E-state index contributed by atoms with van der Waals surface area (Å²) in [5.74, 6) is -0.771. The first kappa shape index (κ1) is 30.1. The third kappa shape index (κ3) is 6.06. The van der Waals surface area contributed by atoms with Crippen LogP contribution >= 0.6 is 0 Å². The number of carboxylic acid groups (broad SMARTS) is 1. The van der Waals surface area contributed by atoms with Gasteiger partial charge in [0.15, 0.2) is 0 Å². The second-order valence-electron chi connectivity index (χ2n) is 12.3. The largest absolute Gasteiger partial charge is 0.478 e. The number of fused-ring (bicyclic) bond motifs is 1. The summed E-state index contributed by atoms with van der Waals surface area (Å²) in [5.41, 5.74) is 10.7. The van der Waals surface area contributed by atoms with Gasteiger partial charge in [0.25, 0.3) is 11.8 Å². The number of nitrogens with two attached hydrogens (primary N) is 1. The highest BCUT2D eigenvalue weighted by Crippen LogP contribution is 2.44. The van der Waals surface area contributed by atoms with Gasteiger partial charge in [-0.15, -0.1) is 0 Å². The lowest BCUT2D eigenvalue weighted by atomic mass is 9.92. The van der Waals surface area contributed by atoms with Gasteiger partial charge < -0.3 is 30.9 Å². The number of hydrogen-bond donors (Lipinski definition) is 4. The van der Waals surface area contributed by atoms with Crippen molar-refractivity contribution in [2.24, 2.45) is 7.05 Å².